The van der Waals surface area contributed by atoms with Gasteiger partial charge in [-0.25, -0.2) is 4.68 Å². The van der Waals surface area contributed by atoms with Crippen molar-refractivity contribution in [3.05, 3.63) is 26.6 Å². The van der Waals surface area contributed by atoms with Crippen LogP contribution >= 0.6 is 23.2 Å². The quantitative estimate of drug-likeness (QED) is 0.503. The zero-order valence-corrected chi connectivity index (χ0v) is 14.4. The van der Waals surface area contributed by atoms with Crippen LogP contribution in [0.5, 0.6) is 0 Å². The molecule has 0 aliphatic carbocycles. The molecule has 0 saturated heterocycles. The first-order chi connectivity index (χ1) is 10.2. The van der Waals surface area contributed by atoms with E-state index in [1.54, 1.807) is 0 Å². The summed E-state index contributed by atoms with van der Waals surface area (Å²) in [6, 6.07) is 0. The molecule has 0 radical (unpaired) electrons. The largest absolute Gasteiger partial charge is 0.287 e. The molecule has 1 aromatic heterocycles. The Morgan fingerprint density at radius 1 is 0.952 bits per heavy atom. The molecule has 0 aromatic carbocycles. The lowest BCUT2D eigenvalue weighted by Gasteiger charge is -2.05. The van der Waals surface area contributed by atoms with E-state index in [2.05, 4.69) is 12.0 Å². The Kier molecular flexibility index (Phi) is 9.77. The van der Waals surface area contributed by atoms with Crippen molar-refractivity contribution in [1.29, 1.82) is 0 Å². The van der Waals surface area contributed by atoms with Crippen LogP contribution in [0.4, 0.5) is 0 Å². The SMILES string of the molecule is CCCCCCCCCCCCn1ncc(Cl)c(Cl)c1=O. The van der Waals surface area contributed by atoms with E-state index >= 15 is 0 Å². The second-order valence-corrected chi connectivity index (χ2v) is 6.30. The van der Waals surface area contributed by atoms with Gasteiger partial charge in [-0.1, -0.05) is 87.9 Å². The summed E-state index contributed by atoms with van der Waals surface area (Å²) >= 11 is 11.6. The molecule has 5 heteroatoms. The Morgan fingerprint density at radius 3 is 2.05 bits per heavy atom. The predicted octanol–water partition coefficient (Wildman–Crippen LogP) is 5.47. The number of hydrogen-bond acceptors (Lipinski definition) is 2. The van der Waals surface area contributed by atoms with Crippen LogP contribution in [0, 0.1) is 0 Å². The first-order valence-electron chi connectivity index (χ1n) is 8.08. The third-order valence-electron chi connectivity index (χ3n) is 3.67. The first-order valence-corrected chi connectivity index (χ1v) is 8.83. The molecule has 0 atom stereocenters. The Bertz CT molecular complexity index is 460. The Balaban J connectivity index is 2.07. The van der Waals surface area contributed by atoms with Gasteiger partial charge in [0.05, 0.1) is 11.2 Å². The molecule has 0 N–H and O–H groups in total. The maximum Gasteiger partial charge on any atom is 0.287 e. The second kappa shape index (κ2) is 11.1. The average Bonchev–Trinajstić information content (AvgIpc) is 2.49. The molecule has 0 bridgehead atoms. The van der Waals surface area contributed by atoms with E-state index in [9.17, 15) is 4.79 Å². The summed E-state index contributed by atoms with van der Waals surface area (Å²) < 4.78 is 1.40. The lowest BCUT2D eigenvalue weighted by molar-refractivity contribution is 0.501. The molecule has 1 aromatic rings. The van der Waals surface area contributed by atoms with Crippen LogP contribution in [-0.2, 0) is 6.54 Å². The van der Waals surface area contributed by atoms with Crippen molar-refractivity contribution in [3.63, 3.8) is 0 Å². The highest BCUT2D eigenvalue weighted by Gasteiger charge is 2.06. The number of aromatic nitrogens is 2. The van der Waals surface area contributed by atoms with Gasteiger partial charge in [0, 0.05) is 6.54 Å². The van der Waals surface area contributed by atoms with Gasteiger partial charge in [0.1, 0.15) is 5.02 Å². The normalized spacial score (nSPS) is 11.0. The molecule has 0 unspecified atom stereocenters. The fourth-order valence-electron chi connectivity index (χ4n) is 2.35. The van der Waals surface area contributed by atoms with Crippen LogP contribution in [0.1, 0.15) is 71.1 Å². The summed E-state index contributed by atoms with van der Waals surface area (Å²) in [6.07, 6.45) is 14.1. The van der Waals surface area contributed by atoms with Crippen LogP contribution < -0.4 is 5.56 Å². The molecule has 0 aliphatic rings. The lowest BCUT2D eigenvalue weighted by Crippen LogP contribution is -2.23. The standard InChI is InChI=1S/C16H26Cl2N2O/c1-2-3-4-5-6-7-8-9-10-11-12-20-16(21)15(18)14(17)13-19-20/h13H,2-12H2,1H3. The predicted molar refractivity (Wildman–Crippen MR) is 90.4 cm³/mol. The molecule has 0 aliphatic heterocycles. The highest BCUT2D eigenvalue weighted by molar-refractivity contribution is 6.41. The highest BCUT2D eigenvalue weighted by atomic mass is 35.5. The molecule has 0 amide bonds. The topological polar surface area (TPSA) is 34.9 Å². The summed E-state index contributed by atoms with van der Waals surface area (Å²) in [7, 11) is 0. The van der Waals surface area contributed by atoms with Crippen molar-refractivity contribution < 1.29 is 0 Å². The van der Waals surface area contributed by atoms with Gasteiger partial charge in [0.2, 0.25) is 0 Å². The smallest absolute Gasteiger partial charge is 0.266 e. The summed E-state index contributed by atoms with van der Waals surface area (Å²) in [4.78, 5) is 11.8. The summed E-state index contributed by atoms with van der Waals surface area (Å²) in [6.45, 7) is 2.86. The monoisotopic (exact) mass is 332 g/mol. The minimum absolute atomic E-state index is 0.0683. The van der Waals surface area contributed by atoms with Crippen molar-refractivity contribution >= 4 is 23.2 Å². The third kappa shape index (κ3) is 7.32. The van der Waals surface area contributed by atoms with Gasteiger partial charge in [0.15, 0.2) is 0 Å². The Hall–Kier alpha value is -0.540. The third-order valence-corrected chi connectivity index (χ3v) is 4.41. The number of unbranched alkanes of at least 4 members (excludes halogenated alkanes) is 9. The van der Waals surface area contributed by atoms with Crippen LogP contribution in [-0.4, -0.2) is 9.78 Å². The highest BCUT2D eigenvalue weighted by Crippen LogP contribution is 2.15. The summed E-state index contributed by atoms with van der Waals surface area (Å²) in [5.41, 5.74) is -0.292. The fourth-order valence-corrected chi connectivity index (χ4v) is 2.62. The van der Waals surface area contributed by atoms with Crippen molar-refractivity contribution in [2.24, 2.45) is 0 Å². The number of halogens is 2. The number of rotatable bonds is 11. The Morgan fingerprint density at radius 2 is 1.48 bits per heavy atom. The van der Waals surface area contributed by atoms with E-state index in [0.29, 0.717) is 6.54 Å². The maximum absolute atomic E-state index is 11.8. The number of hydrogen-bond donors (Lipinski definition) is 0. The fraction of sp³-hybridized carbons (Fsp3) is 0.750. The van der Waals surface area contributed by atoms with E-state index in [-0.39, 0.29) is 15.6 Å². The molecular weight excluding hydrogens is 307 g/mol. The minimum Gasteiger partial charge on any atom is -0.266 e. The van der Waals surface area contributed by atoms with Gasteiger partial charge < -0.3 is 0 Å². The van der Waals surface area contributed by atoms with Crippen LogP contribution in [0.15, 0.2) is 11.0 Å². The summed E-state index contributed by atoms with van der Waals surface area (Å²) in [5.74, 6) is 0. The Labute approximate surface area is 137 Å². The van der Waals surface area contributed by atoms with Crippen molar-refractivity contribution in [3.8, 4) is 0 Å². The van der Waals surface area contributed by atoms with Gasteiger partial charge in [-0.2, -0.15) is 5.10 Å². The molecule has 21 heavy (non-hydrogen) atoms. The van der Waals surface area contributed by atoms with Crippen LogP contribution in [0.25, 0.3) is 0 Å². The minimum atomic E-state index is -0.292. The van der Waals surface area contributed by atoms with Crippen molar-refractivity contribution in [1.82, 2.24) is 9.78 Å². The van der Waals surface area contributed by atoms with Crippen LogP contribution in [0.3, 0.4) is 0 Å². The molecule has 0 saturated carbocycles. The lowest BCUT2D eigenvalue weighted by atomic mass is 10.1. The zero-order valence-electron chi connectivity index (χ0n) is 12.9. The average molecular weight is 333 g/mol. The molecule has 1 heterocycles. The molecule has 120 valence electrons. The van der Waals surface area contributed by atoms with Gasteiger partial charge in [0.25, 0.3) is 5.56 Å². The van der Waals surface area contributed by atoms with Gasteiger partial charge in [-0.05, 0) is 6.42 Å². The second-order valence-electron chi connectivity index (χ2n) is 5.52. The molecule has 3 nitrogen and oxygen atoms in total. The van der Waals surface area contributed by atoms with Crippen molar-refractivity contribution in [2.75, 3.05) is 0 Å². The van der Waals surface area contributed by atoms with E-state index < -0.39 is 0 Å². The number of aryl methyl sites for hydroxylation is 1. The van der Waals surface area contributed by atoms with Crippen molar-refractivity contribution in [2.45, 2.75) is 77.7 Å². The van der Waals surface area contributed by atoms with Crippen LogP contribution in [0.2, 0.25) is 10.0 Å². The van der Waals surface area contributed by atoms with E-state index in [0.717, 1.165) is 12.8 Å². The maximum atomic E-state index is 11.8. The zero-order chi connectivity index (χ0) is 15.5. The van der Waals surface area contributed by atoms with E-state index in [1.165, 1.54) is 62.2 Å². The summed E-state index contributed by atoms with van der Waals surface area (Å²) in [5, 5.41) is 4.29. The first kappa shape index (κ1) is 18.5. The molecule has 0 spiro atoms. The molecule has 0 fully saturated rings. The van der Waals surface area contributed by atoms with Gasteiger partial charge >= 0.3 is 0 Å². The number of nitrogens with zero attached hydrogens (tertiary/aromatic N) is 2. The van der Waals surface area contributed by atoms with E-state index in [4.69, 9.17) is 23.2 Å². The molecular formula is C16H26Cl2N2O. The van der Waals surface area contributed by atoms with E-state index in [1.807, 2.05) is 0 Å². The van der Waals surface area contributed by atoms with Gasteiger partial charge in [-0.3, -0.25) is 4.79 Å². The molecule has 1 rings (SSSR count). The van der Waals surface area contributed by atoms with Gasteiger partial charge in [-0.15, -0.1) is 0 Å².